The van der Waals surface area contributed by atoms with Crippen molar-refractivity contribution in [3.63, 3.8) is 0 Å². The summed E-state index contributed by atoms with van der Waals surface area (Å²) in [6, 6.07) is 9.05. The summed E-state index contributed by atoms with van der Waals surface area (Å²) in [6.07, 6.45) is 4.38. The van der Waals surface area contributed by atoms with Crippen molar-refractivity contribution in [2.75, 3.05) is 19.0 Å². The van der Waals surface area contributed by atoms with Crippen LogP contribution in [0.2, 0.25) is 0 Å². The molecular formula is C17H25N3. The molecule has 0 saturated carbocycles. The van der Waals surface area contributed by atoms with Crippen molar-refractivity contribution in [3.05, 3.63) is 36.0 Å². The second-order valence-corrected chi connectivity index (χ2v) is 5.43. The Kier molecular flexibility index (Phi) is 4.96. The van der Waals surface area contributed by atoms with Gasteiger partial charge in [0.15, 0.2) is 0 Å². The number of fused-ring (bicyclic) bond motifs is 1. The molecule has 3 nitrogen and oxygen atoms in total. The van der Waals surface area contributed by atoms with Gasteiger partial charge in [0.2, 0.25) is 0 Å². The lowest BCUT2D eigenvalue weighted by Gasteiger charge is -2.27. The van der Waals surface area contributed by atoms with Crippen molar-refractivity contribution in [2.45, 2.75) is 39.3 Å². The van der Waals surface area contributed by atoms with Crippen LogP contribution in [-0.4, -0.2) is 25.1 Å². The second kappa shape index (κ2) is 6.71. The summed E-state index contributed by atoms with van der Waals surface area (Å²) in [4.78, 5) is 7.02. The Balaban J connectivity index is 2.47. The molecular weight excluding hydrogens is 246 g/mol. The quantitative estimate of drug-likeness (QED) is 0.870. The maximum atomic E-state index is 4.71. The lowest BCUT2D eigenvalue weighted by molar-refractivity contribution is 0.612. The number of anilines is 1. The number of hydrogen-bond acceptors (Lipinski definition) is 3. The maximum absolute atomic E-state index is 4.71. The van der Waals surface area contributed by atoms with E-state index in [9.17, 15) is 0 Å². The third-order valence-electron chi connectivity index (χ3n) is 3.93. The minimum Gasteiger partial charge on any atom is -0.356 e. The molecule has 1 aromatic heterocycles. The van der Waals surface area contributed by atoms with E-state index in [1.807, 2.05) is 13.2 Å². The second-order valence-electron chi connectivity index (χ2n) is 5.43. The predicted molar refractivity (Wildman–Crippen MR) is 87.3 cm³/mol. The highest BCUT2D eigenvalue weighted by Crippen LogP contribution is 2.28. The van der Waals surface area contributed by atoms with Crippen LogP contribution in [0.3, 0.4) is 0 Å². The molecule has 0 radical (unpaired) electrons. The number of rotatable bonds is 6. The van der Waals surface area contributed by atoms with Gasteiger partial charge in [-0.05, 0) is 31.3 Å². The van der Waals surface area contributed by atoms with Crippen LogP contribution in [-0.2, 0) is 6.54 Å². The van der Waals surface area contributed by atoms with Gasteiger partial charge in [-0.3, -0.25) is 0 Å². The molecule has 0 aliphatic rings. The Morgan fingerprint density at radius 2 is 1.95 bits per heavy atom. The molecule has 1 atom stereocenters. The Morgan fingerprint density at radius 3 is 2.60 bits per heavy atom. The van der Waals surface area contributed by atoms with Crippen LogP contribution in [0.15, 0.2) is 30.5 Å². The third-order valence-corrected chi connectivity index (χ3v) is 3.93. The maximum Gasteiger partial charge on any atom is 0.136 e. The van der Waals surface area contributed by atoms with Crippen molar-refractivity contribution in [1.82, 2.24) is 10.3 Å². The van der Waals surface area contributed by atoms with E-state index in [4.69, 9.17) is 4.98 Å². The van der Waals surface area contributed by atoms with Gasteiger partial charge in [0.25, 0.3) is 0 Å². The molecule has 1 unspecified atom stereocenters. The van der Waals surface area contributed by atoms with Gasteiger partial charge in [0, 0.05) is 31.2 Å². The first-order chi connectivity index (χ1) is 9.69. The van der Waals surface area contributed by atoms with E-state index in [1.54, 1.807) is 0 Å². The van der Waals surface area contributed by atoms with Gasteiger partial charge in [0.1, 0.15) is 5.82 Å². The highest BCUT2D eigenvalue weighted by Gasteiger charge is 2.14. The fourth-order valence-corrected chi connectivity index (χ4v) is 2.67. The molecule has 1 N–H and O–H groups in total. The SMILES string of the molecule is CCCC(C)N(C)c1ncc(CNC)c2ccccc12. The van der Waals surface area contributed by atoms with Crippen LogP contribution < -0.4 is 10.2 Å². The van der Waals surface area contributed by atoms with E-state index in [-0.39, 0.29) is 0 Å². The summed E-state index contributed by atoms with van der Waals surface area (Å²) in [5.41, 5.74) is 1.25. The lowest BCUT2D eigenvalue weighted by Crippen LogP contribution is -2.29. The molecule has 0 aliphatic carbocycles. The Labute approximate surface area is 122 Å². The molecule has 1 aromatic carbocycles. The van der Waals surface area contributed by atoms with Crippen LogP contribution in [0.1, 0.15) is 32.3 Å². The largest absolute Gasteiger partial charge is 0.356 e. The molecule has 0 saturated heterocycles. The molecule has 20 heavy (non-hydrogen) atoms. The monoisotopic (exact) mass is 271 g/mol. The van der Waals surface area contributed by atoms with Gasteiger partial charge in [-0.2, -0.15) is 0 Å². The number of benzene rings is 1. The lowest BCUT2D eigenvalue weighted by atomic mass is 10.1. The number of aromatic nitrogens is 1. The Morgan fingerprint density at radius 1 is 1.25 bits per heavy atom. The van der Waals surface area contributed by atoms with Crippen molar-refractivity contribution >= 4 is 16.6 Å². The first kappa shape index (κ1) is 14.8. The predicted octanol–water partition coefficient (Wildman–Crippen LogP) is 3.58. The third kappa shape index (κ3) is 2.93. The molecule has 2 rings (SSSR count). The summed E-state index contributed by atoms with van der Waals surface area (Å²) >= 11 is 0. The van der Waals surface area contributed by atoms with Gasteiger partial charge < -0.3 is 10.2 Å². The van der Waals surface area contributed by atoms with E-state index in [0.29, 0.717) is 6.04 Å². The van der Waals surface area contributed by atoms with Crippen LogP contribution >= 0.6 is 0 Å². The summed E-state index contributed by atoms with van der Waals surface area (Å²) in [5.74, 6) is 1.08. The van der Waals surface area contributed by atoms with Gasteiger partial charge in [-0.15, -0.1) is 0 Å². The fourth-order valence-electron chi connectivity index (χ4n) is 2.67. The number of nitrogens with zero attached hydrogens (tertiary/aromatic N) is 2. The molecule has 0 bridgehead atoms. The van der Waals surface area contributed by atoms with Crippen molar-refractivity contribution < 1.29 is 0 Å². The molecule has 0 fully saturated rings. The molecule has 3 heteroatoms. The van der Waals surface area contributed by atoms with Crippen LogP contribution in [0.25, 0.3) is 10.8 Å². The number of hydrogen-bond donors (Lipinski definition) is 1. The zero-order valence-corrected chi connectivity index (χ0v) is 13.0. The van der Waals surface area contributed by atoms with Gasteiger partial charge in [-0.1, -0.05) is 37.6 Å². The molecule has 0 aliphatic heterocycles. The van der Waals surface area contributed by atoms with Crippen LogP contribution in [0.5, 0.6) is 0 Å². The molecule has 0 spiro atoms. The average molecular weight is 271 g/mol. The minimum atomic E-state index is 0.506. The van der Waals surface area contributed by atoms with E-state index < -0.39 is 0 Å². The minimum absolute atomic E-state index is 0.506. The molecule has 2 aromatic rings. The highest BCUT2D eigenvalue weighted by molar-refractivity contribution is 5.94. The first-order valence-electron chi connectivity index (χ1n) is 7.43. The van der Waals surface area contributed by atoms with Crippen LogP contribution in [0, 0.1) is 0 Å². The molecule has 0 amide bonds. The smallest absolute Gasteiger partial charge is 0.136 e. The normalized spacial score (nSPS) is 12.6. The summed E-state index contributed by atoms with van der Waals surface area (Å²) in [7, 11) is 4.12. The first-order valence-corrected chi connectivity index (χ1v) is 7.43. The fraction of sp³-hybridized carbons (Fsp3) is 0.471. The van der Waals surface area contributed by atoms with E-state index in [1.165, 1.54) is 29.2 Å². The van der Waals surface area contributed by atoms with E-state index in [0.717, 1.165) is 12.4 Å². The molecule has 108 valence electrons. The van der Waals surface area contributed by atoms with E-state index >= 15 is 0 Å². The van der Waals surface area contributed by atoms with Gasteiger partial charge in [0.05, 0.1) is 0 Å². The highest BCUT2D eigenvalue weighted by atomic mass is 15.2. The zero-order valence-electron chi connectivity index (χ0n) is 13.0. The number of pyridine rings is 1. The zero-order chi connectivity index (χ0) is 14.5. The molecule has 1 heterocycles. The number of nitrogens with one attached hydrogen (secondary N) is 1. The van der Waals surface area contributed by atoms with Crippen molar-refractivity contribution in [2.24, 2.45) is 0 Å². The van der Waals surface area contributed by atoms with Crippen LogP contribution in [0.4, 0.5) is 5.82 Å². The van der Waals surface area contributed by atoms with Gasteiger partial charge >= 0.3 is 0 Å². The summed E-state index contributed by atoms with van der Waals surface area (Å²) < 4.78 is 0. The summed E-state index contributed by atoms with van der Waals surface area (Å²) in [5, 5.41) is 5.75. The van der Waals surface area contributed by atoms with Gasteiger partial charge in [-0.25, -0.2) is 4.98 Å². The topological polar surface area (TPSA) is 28.2 Å². The average Bonchev–Trinajstić information content (AvgIpc) is 2.47. The van der Waals surface area contributed by atoms with E-state index in [2.05, 4.69) is 55.4 Å². The van der Waals surface area contributed by atoms with Crippen molar-refractivity contribution in [3.8, 4) is 0 Å². The standard InChI is InChI=1S/C17H25N3/c1-5-8-13(2)20(4)17-16-10-7-6-9-15(16)14(11-18-3)12-19-17/h6-7,9-10,12-13,18H,5,8,11H2,1-4H3. The Hall–Kier alpha value is -1.61. The van der Waals surface area contributed by atoms with Crippen molar-refractivity contribution in [1.29, 1.82) is 0 Å². The summed E-state index contributed by atoms with van der Waals surface area (Å²) in [6.45, 7) is 5.34. The Bertz CT molecular complexity index is 565.